The highest BCUT2D eigenvalue weighted by atomic mass is 16.5. The molecule has 0 saturated carbocycles. The number of ether oxygens (including phenoxy) is 2. The number of carbonyl (C=O) groups excluding carboxylic acids is 2. The number of nitrogens with one attached hydrogen (secondary N) is 1. The Hall–Kier alpha value is -2.30. The van der Waals surface area contributed by atoms with Gasteiger partial charge in [0.2, 0.25) is 0 Å². The number of esters is 1. The Kier molecular flexibility index (Phi) is 6.20. The van der Waals surface area contributed by atoms with Crippen molar-refractivity contribution >= 4 is 17.6 Å². The van der Waals surface area contributed by atoms with E-state index in [2.05, 4.69) is 11.4 Å². The van der Waals surface area contributed by atoms with Crippen LogP contribution >= 0.6 is 0 Å². The molecule has 0 saturated heterocycles. The maximum atomic E-state index is 12.1. The van der Waals surface area contributed by atoms with E-state index in [1.54, 1.807) is 31.2 Å². The molecule has 0 radical (unpaired) electrons. The molecule has 1 aliphatic rings. The SMILES string of the molecule is CCOc1ccc(NC(=O)[C@H](C)OC(=O)C[C@@H]2C=CCC2)cc1. The van der Waals surface area contributed by atoms with Crippen molar-refractivity contribution in [3.63, 3.8) is 0 Å². The number of rotatable bonds is 7. The van der Waals surface area contributed by atoms with Crippen molar-refractivity contribution in [2.45, 2.75) is 39.2 Å². The summed E-state index contributed by atoms with van der Waals surface area (Å²) in [7, 11) is 0. The van der Waals surface area contributed by atoms with Gasteiger partial charge in [-0.2, -0.15) is 0 Å². The number of allylic oxidation sites excluding steroid dienone is 2. The lowest BCUT2D eigenvalue weighted by atomic mass is 10.1. The second-order valence-corrected chi connectivity index (χ2v) is 5.55. The summed E-state index contributed by atoms with van der Waals surface area (Å²) in [6.45, 7) is 4.08. The molecule has 1 aliphatic carbocycles. The summed E-state index contributed by atoms with van der Waals surface area (Å²) in [5.74, 6) is 0.304. The first kappa shape index (κ1) is 17.1. The summed E-state index contributed by atoms with van der Waals surface area (Å²) >= 11 is 0. The molecule has 0 bridgehead atoms. The van der Waals surface area contributed by atoms with E-state index in [4.69, 9.17) is 9.47 Å². The second kappa shape index (κ2) is 8.36. The van der Waals surface area contributed by atoms with Crippen molar-refractivity contribution in [1.29, 1.82) is 0 Å². The first-order valence-electron chi connectivity index (χ1n) is 7.98. The largest absolute Gasteiger partial charge is 0.494 e. The van der Waals surface area contributed by atoms with Crippen LogP contribution in [0.3, 0.4) is 0 Å². The van der Waals surface area contributed by atoms with Gasteiger partial charge in [0.05, 0.1) is 13.0 Å². The number of benzene rings is 1. The number of amides is 1. The van der Waals surface area contributed by atoms with Crippen molar-refractivity contribution < 1.29 is 19.1 Å². The average molecular weight is 317 g/mol. The Balaban J connectivity index is 1.79. The monoisotopic (exact) mass is 317 g/mol. The molecule has 0 fully saturated rings. The zero-order valence-electron chi connectivity index (χ0n) is 13.6. The van der Waals surface area contributed by atoms with Gasteiger partial charge in [0.25, 0.3) is 5.91 Å². The molecular weight excluding hydrogens is 294 g/mol. The van der Waals surface area contributed by atoms with E-state index in [1.807, 2.05) is 13.0 Å². The zero-order chi connectivity index (χ0) is 16.7. The lowest BCUT2D eigenvalue weighted by Gasteiger charge is -2.15. The summed E-state index contributed by atoms with van der Waals surface area (Å²) in [6.07, 6.45) is 5.59. The summed E-state index contributed by atoms with van der Waals surface area (Å²) in [6, 6.07) is 7.06. The molecule has 5 nitrogen and oxygen atoms in total. The van der Waals surface area contributed by atoms with E-state index in [1.165, 1.54) is 0 Å². The Morgan fingerprint density at radius 3 is 2.65 bits per heavy atom. The first-order valence-corrected chi connectivity index (χ1v) is 7.98. The summed E-state index contributed by atoms with van der Waals surface area (Å²) in [4.78, 5) is 23.9. The third kappa shape index (κ3) is 5.43. The standard InChI is InChI=1S/C18H23NO4/c1-3-22-16-10-8-15(9-11-16)19-18(21)13(2)23-17(20)12-14-6-4-5-7-14/h4,6,8-11,13-14H,3,5,7,12H2,1-2H3,(H,19,21)/t13-,14+/m0/s1. The van der Waals surface area contributed by atoms with Crippen LogP contribution in [0.15, 0.2) is 36.4 Å². The van der Waals surface area contributed by atoms with E-state index in [0.29, 0.717) is 18.7 Å². The smallest absolute Gasteiger partial charge is 0.307 e. The molecule has 0 unspecified atom stereocenters. The number of carbonyl (C=O) groups is 2. The van der Waals surface area contributed by atoms with E-state index in [0.717, 1.165) is 18.6 Å². The molecular formula is C18H23NO4. The number of anilines is 1. The minimum absolute atomic E-state index is 0.240. The van der Waals surface area contributed by atoms with Gasteiger partial charge in [-0.15, -0.1) is 0 Å². The topological polar surface area (TPSA) is 64.6 Å². The van der Waals surface area contributed by atoms with Gasteiger partial charge in [0.15, 0.2) is 6.10 Å². The van der Waals surface area contributed by atoms with Crippen LogP contribution in [0.1, 0.15) is 33.1 Å². The van der Waals surface area contributed by atoms with E-state index < -0.39 is 6.10 Å². The highest BCUT2D eigenvalue weighted by Crippen LogP contribution is 2.21. The molecule has 1 aromatic carbocycles. The molecule has 1 aromatic rings. The highest BCUT2D eigenvalue weighted by Gasteiger charge is 2.21. The van der Waals surface area contributed by atoms with Crippen molar-refractivity contribution in [3.8, 4) is 5.75 Å². The quantitative estimate of drug-likeness (QED) is 0.619. The zero-order valence-corrected chi connectivity index (χ0v) is 13.6. The minimum Gasteiger partial charge on any atom is -0.494 e. The fourth-order valence-electron chi connectivity index (χ4n) is 2.42. The van der Waals surface area contributed by atoms with Crippen LogP contribution in [-0.2, 0) is 14.3 Å². The summed E-state index contributed by atoms with van der Waals surface area (Å²) < 4.78 is 10.5. The van der Waals surface area contributed by atoms with E-state index in [-0.39, 0.29) is 17.8 Å². The van der Waals surface area contributed by atoms with Gasteiger partial charge in [-0.05, 0) is 56.9 Å². The van der Waals surface area contributed by atoms with Crippen molar-refractivity contribution in [2.75, 3.05) is 11.9 Å². The van der Waals surface area contributed by atoms with E-state index >= 15 is 0 Å². The normalized spacial score (nSPS) is 17.6. The third-order valence-corrected chi connectivity index (χ3v) is 3.65. The van der Waals surface area contributed by atoms with Crippen molar-refractivity contribution in [3.05, 3.63) is 36.4 Å². The molecule has 0 aliphatic heterocycles. The Bertz CT molecular complexity index is 565. The maximum absolute atomic E-state index is 12.1. The van der Waals surface area contributed by atoms with E-state index in [9.17, 15) is 9.59 Å². The Morgan fingerprint density at radius 2 is 2.04 bits per heavy atom. The van der Waals surface area contributed by atoms with Crippen LogP contribution < -0.4 is 10.1 Å². The minimum atomic E-state index is -0.820. The molecule has 1 N–H and O–H groups in total. The summed E-state index contributed by atoms with van der Waals surface area (Å²) in [5.41, 5.74) is 0.639. The van der Waals surface area contributed by atoms with Gasteiger partial charge in [0, 0.05) is 5.69 Å². The molecule has 0 heterocycles. The highest BCUT2D eigenvalue weighted by molar-refractivity contribution is 5.95. The van der Waals surface area contributed by atoms with Crippen LogP contribution in [0.5, 0.6) is 5.75 Å². The van der Waals surface area contributed by atoms with Crippen LogP contribution in [0, 0.1) is 5.92 Å². The Labute approximate surface area is 136 Å². The van der Waals surface area contributed by atoms with Crippen LogP contribution in [0.4, 0.5) is 5.69 Å². The molecule has 23 heavy (non-hydrogen) atoms. The maximum Gasteiger partial charge on any atom is 0.307 e. The van der Waals surface area contributed by atoms with Crippen LogP contribution in [0.25, 0.3) is 0 Å². The third-order valence-electron chi connectivity index (χ3n) is 3.65. The first-order chi connectivity index (χ1) is 11.1. The number of hydrogen-bond donors (Lipinski definition) is 1. The van der Waals surface area contributed by atoms with Gasteiger partial charge in [-0.3, -0.25) is 9.59 Å². The predicted molar refractivity (Wildman–Crippen MR) is 88.3 cm³/mol. The van der Waals surface area contributed by atoms with Crippen LogP contribution in [-0.4, -0.2) is 24.6 Å². The summed E-state index contributed by atoms with van der Waals surface area (Å²) in [5, 5.41) is 2.72. The van der Waals surface area contributed by atoms with Gasteiger partial charge in [0.1, 0.15) is 5.75 Å². The lowest BCUT2D eigenvalue weighted by Crippen LogP contribution is -2.30. The predicted octanol–water partition coefficient (Wildman–Crippen LogP) is 3.31. The average Bonchev–Trinajstić information content (AvgIpc) is 3.02. The van der Waals surface area contributed by atoms with Gasteiger partial charge < -0.3 is 14.8 Å². The molecule has 2 atom stereocenters. The Morgan fingerprint density at radius 1 is 1.30 bits per heavy atom. The molecule has 0 aromatic heterocycles. The molecule has 0 spiro atoms. The van der Waals surface area contributed by atoms with Crippen molar-refractivity contribution in [2.24, 2.45) is 5.92 Å². The molecule has 5 heteroatoms. The number of hydrogen-bond acceptors (Lipinski definition) is 4. The van der Waals surface area contributed by atoms with Gasteiger partial charge in [-0.1, -0.05) is 12.2 Å². The fraction of sp³-hybridized carbons (Fsp3) is 0.444. The van der Waals surface area contributed by atoms with Crippen LogP contribution in [0.2, 0.25) is 0 Å². The van der Waals surface area contributed by atoms with Crippen molar-refractivity contribution in [1.82, 2.24) is 0 Å². The van der Waals surface area contributed by atoms with Gasteiger partial charge in [-0.25, -0.2) is 0 Å². The fourth-order valence-corrected chi connectivity index (χ4v) is 2.42. The van der Waals surface area contributed by atoms with Gasteiger partial charge >= 0.3 is 5.97 Å². The lowest BCUT2D eigenvalue weighted by molar-refractivity contribution is -0.153. The second-order valence-electron chi connectivity index (χ2n) is 5.55. The molecule has 1 amide bonds. The molecule has 124 valence electrons. The molecule has 2 rings (SSSR count).